The third-order valence-electron chi connectivity index (χ3n) is 4.59. The lowest BCUT2D eigenvalue weighted by molar-refractivity contribution is 1.29. The van der Waals surface area contributed by atoms with Crippen molar-refractivity contribution in [2.75, 3.05) is 0 Å². The summed E-state index contributed by atoms with van der Waals surface area (Å²) in [4.78, 5) is 8.14. The predicted octanol–water partition coefficient (Wildman–Crippen LogP) is 5.62. The lowest BCUT2D eigenvalue weighted by Gasteiger charge is -2.10. The molecule has 0 bridgehead atoms. The van der Waals surface area contributed by atoms with Crippen LogP contribution < -0.4 is 0 Å². The second-order valence-corrected chi connectivity index (χ2v) is 6.51. The van der Waals surface area contributed by atoms with E-state index in [1.807, 2.05) is 6.20 Å². The van der Waals surface area contributed by atoms with Crippen molar-refractivity contribution in [1.29, 1.82) is 0 Å². The summed E-state index contributed by atoms with van der Waals surface area (Å²) in [5, 5.41) is 2.52. The van der Waals surface area contributed by atoms with Crippen molar-refractivity contribution >= 4 is 21.8 Å². The zero-order valence-electron chi connectivity index (χ0n) is 14.0. The molecule has 0 aliphatic heterocycles. The molecular weight excluding hydrogens is 280 g/mol. The smallest absolute Gasteiger partial charge is 0.0737 e. The maximum atomic E-state index is 4.61. The molecule has 0 radical (unpaired) electrons. The molecule has 1 N–H and O–H groups in total. The molecule has 114 valence electrons. The number of hydrogen-bond donors (Lipinski definition) is 1. The van der Waals surface area contributed by atoms with Crippen LogP contribution in [-0.2, 0) is 0 Å². The Morgan fingerprint density at radius 3 is 2.43 bits per heavy atom. The Bertz CT molecular complexity index is 1050. The standard InChI is InChI=1S/C21H20N2/c1-12-5-6-19-18(10-12)20(15(4)23-19)16-7-8-22-21-14(3)9-13(2)11-17(16)21/h5-11,23H,1-4H3. The number of aromatic nitrogens is 2. The van der Waals surface area contributed by atoms with Crippen LogP contribution in [0.3, 0.4) is 0 Å². The minimum absolute atomic E-state index is 1.09. The summed E-state index contributed by atoms with van der Waals surface area (Å²) in [6, 6.07) is 13.2. The van der Waals surface area contributed by atoms with Crippen LogP contribution in [0.1, 0.15) is 22.4 Å². The van der Waals surface area contributed by atoms with Gasteiger partial charge in [0.25, 0.3) is 0 Å². The van der Waals surface area contributed by atoms with Crippen molar-refractivity contribution < 1.29 is 0 Å². The van der Waals surface area contributed by atoms with Crippen LogP contribution in [0.4, 0.5) is 0 Å². The van der Waals surface area contributed by atoms with Crippen LogP contribution in [-0.4, -0.2) is 9.97 Å². The number of pyridine rings is 1. The molecule has 0 atom stereocenters. The van der Waals surface area contributed by atoms with Crippen molar-refractivity contribution in [3.05, 3.63) is 65.0 Å². The van der Waals surface area contributed by atoms with Crippen molar-refractivity contribution in [1.82, 2.24) is 9.97 Å². The summed E-state index contributed by atoms with van der Waals surface area (Å²) in [5.41, 5.74) is 9.83. The highest BCUT2D eigenvalue weighted by molar-refractivity contribution is 6.06. The molecule has 2 heterocycles. The molecule has 2 nitrogen and oxygen atoms in total. The van der Waals surface area contributed by atoms with Gasteiger partial charge < -0.3 is 4.98 Å². The SMILES string of the molecule is Cc1ccc2[nH]c(C)c(-c3ccnc4c(C)cc(C)cc34)c2c1. The van der Waals surface area contributed by atoms with Gasteiger partial charge in [-0.25, -0.2) is 0 Å². The number of nitrogens with one attached hydrogen (secondary N) is 1. The lowest BCUT2D eigenvalue weighted by atomic mass is 9.95. The largest absolute Gasteiger partial charge is 0.358 e. The van der Waals surface area contributed by atoms with E-state index in [1.165, 1.54) is 49.8 Å². The third kappa shape index (κ3) is 2.14. The first-order chi connectivity index (χ1) is 11.0. The quantitative estimate of drug-likeness (QED) is 0.486. The maximum absolute atomic E-state index is 4.61. The van der Waals surface area contributed by atoms with E-state index < -0.39 is 0 Å². The fourth-order valence-corrected chi connectivity index (χ4v) is 3.62. The molecule has 2 aromatic carbocycles. The van der Waals surface area contributed by atoms with Gasteiger partial charge in [0.2, 0.25) is 0 Å². The van der Waals surface area contributed by atoms with Gasteiger partial charge in [-0.1, -0.05) is 23.3 Å². The summed E-state index contributed by atoms with van der Waals surface area (Å²) in [5.74, 6) is 0. The molecule has 0 unspecified atom stereocenters. The lowest BCUT2D eigenvalue weighted by Crippen LogP contribution is -1.90. The fraction of sp³-hybridized carbons (Fsp3) is 0.190. The summed E-state index contributed by atoms with van der Waals surface area (Å²) >= 11 is 0. The Labute approximate surface area is 136 Å². The number of hydrogen-bond acceptors (Lipinski definition) is 1. The average molecular weight is 300 g/mol. The fourth-order valence-electron chi connectivity index (χ4n) is 3.62. The number of fused-ring (bicyclic) bond motifs is 2. The van der Waals surface area contributed by atoms with Gasteiger partial charge in [-0.2, -0.15) is 0 Å². The number of rotatable bonds is 1. The molecule has 0 amide bonds. The Hall–Kier alpha value is -2.61. The summed E-state index contributed by atoms with van der Waals surface area (Å²) in [7, 11) is 0. The first-order valence-electron chi connectivity index (χ1n) is 8.00. The van der Waals surface area contributed by atoms with E-state index >= 15 is 0 Å². The Balaban J connectivity index is 2.15. The summed E-state index contributed by atoms with van der Waals surface area (Å²) < 4.78 is 0. The summed E-state index contributed by atoms with van der Waals surface area (Å²) in [6.07, 6.45) is 1.92. The number of benzene rings is 2. The van der Waals surface area contributed by atoms with Crippen LogP contribution in [0.15, 0.2) is 42.6 Å². The van der Waals surface area contributed by atoms with E-state index in [2.05, 4.69) is 74.1 Å². The van der Waals surface area contributed by atoms with E-state index in [-0.39, 0.29) is 0 Å². The second-order valence-electron chi connectivity index (χ2n) is 6.51. The van der Waals surface area contributed by atoms with Gasteiger partial charge in [-0.05, 0) is 63.1 Å². The Morgan fingerprint density at radius 1 is 0.826 bits per heavy atom. The van der Waals surface area contributed by atoms with E-state index in [1.54, 1.807) is 0 Å². The van der Waals surface area contributed by atoms with E-state index in [9.17, 15) is 0 Å². The first kappa shape index (κ1) is 14.0. The van der Waals surface area contributed by atoms with Gasteiger partial charge in [-0.15, -0.1) is 0 Å². The molecule has 0 aliphatic carbocycles. The van der Waals surface area contributed by atoms with Crippen LogP contribution in [0, 0.1) is 27.7 Å². The number of nitrogens with zero attached hydrogens (tertiary/aromatic N) is 1. The van der Waals surface area contributed by atoms with Crippen LogP contribution in [0.5, 0.6) is 0 Å². The molecule has 23 heavy (non-hydrogen) atoms. The van der Waals surface area contributed by atoms with Crippen LogP contribution >= 0.6 is 0 Å². The van der Waals surface area contributed by atoms with Gasteiger partial charge in [0.05, 0.1) is 5.52 Å². The molecule has 0 fully saturated rings. The number of aromatic amines is 1. The third-order valence-corrected chi connectivity index (χ3v) is 4.59. The van der Waals surface area contributed by atoms with E-state index in [0.717, 1.165) is 5.52 Å². The molecule has 4 rings (SSSR count). The zero-order valence-corrected chi connectivity index (χ0v) is 14.0. The molecule has 2 heteroatoms. The van der Waals surface area contributed by atoms with Crippen LogP contribution in [0.25, 0.3) is 32.9 Å². The predicted molar refractivity (Wildman–Crippen MR) is 98.0 cm³/mol. The van der Waals surface area contributed by atoms with Crippen molar-refractivity contribution in [2.45, 2.75) is 27.7 Å². The highest BCUT2D eigenvalue weighted by atomic mass is 14.7. The first-order valence-corrected chi connectivity index (χ1v) is 8.00. The van der Waals surface area contributed by atoms with Crippen LogP contribution in [0.2, 0.25) is 0 Å². The summed E-state index contributed by atoms with van der Waals surface area (Å²) in [6.45, 7) is 8.58. The van der Waals surface area contributed by atoms with Gasteiger partial charge in [0.1, 0.15) is 0 Å². The zero-order chi connectivity index (χ0) is 16.1. The highest BCUT2D eigenvalue weighted by Crippen LogP contribution is 2.37. The number of H-pyrrole nitrogens is 1. The van der Waals surface area contributed by atoms with Crippen molar-refractivity contribution in [2.24, 2.45) is 0 Å². The average Bonchev–Trinajstić information content (AvgIpc) is 2.82. The minimum atomic E-state index is 1.09. The second kappa shape index (κ2) is 4.95. The monoisotopic (exact) mass is 300 g/mol. The van der Waals surface area contributed by atoms with Gasteiger partial charge >= 0.3 is 0 Å². The molecular formula is C21H20N2. The minimum Gasteiger partial charge on any atom is -0.358 e. The van der Waals surface area contributed by atoms with Crippen molar-refractivity contribution in [3.63, 3.8) is 0 Å². The van der Waals surface area contributed by atoms with Crippen molar-refractivity contribution in [3.8, 4) is 11.1 Å². The maximum Gasteiger partial charge on any atom is 0.0737 e. The molecule has 4 aromatic rings. The molecule has 2 aromatic heterocycles. The molecule has 0 spiro atoms. The molecule has 0 aliphatic rings. The Kier molecular flexibility index (Phi) is 3.02. The molecule has 0 saturated heterocycles. The van der Waals surface area contributed by atoms with Gasteiger partial charge in [0, 0.05) is 33.7 Å². The van der Waals surface area contributed by atoms with Gasteiger partial charge in [-0.3, -0.25) is 4.98 Å². The highest BCUT2D eigenvalue weighted by Gasteiger charge is 2.14. The van der Waals surface area contributed by atoms with E-state index in [0.29, 0.717) is 0 Å². The Morgan fingerprint density at radius 2 is 1.61 bits per heavy atom. The normalized spacial score (nSPS) is 11.5. The van der Waals surface area contributed by atoms with E-state index in [4.69, 9.17) is 0 Å². The number of aryl methyl sites for hydroxylation is 4. The topological polar surface area (TPSA) is 28.7 Å². The molecule has 0 saturated carbocycles. The van der Waals surface area contributed by atoms with Gasteiger partial charge in [0.15, 0.2) is 0 Å².